The predicted octanol–water partition coefficient (Wildman–Crippen LogP) is -3.27. The molecule has 794 valence electrons. The van der Waals surface area contributed by atoms with Crippen LogP contribution in [0.3, 0.4) is 0 Å². The van der Waals surface area contributed by atoms with Crippen LogP contribution in [0.2, 0.25) is 0 Å². The zero-order valence-electron chi connectivity index (χ0n) is 76.2. The highest BCUT2D eigenvalue weighted by molar-refractivity contribution is 8.32. The molecule has 9 aromatic heterocycles. The van der Waals surface area contributed by atoms with Gasteiger partial charge in [-0.15, -0.1) is 0 Å². The van der Waals surface area contributed by atoms with Crippen LogP contribution < -0.4 is 103 Å². The van der Waals surface area contributed by atoms with E-state index in [1.54, 1.807) is 6.92 Å². The number of aromatic amines is 5. The van der Waals surface area contributed by atoms with Gasteiger partial charge in [0.05, 0.1) is 101 Å². The molecule has 16 heterocycles. The number of anilines is 3. The first-order valence-corrected chi connectivity index (χ1v) is 61.3. The third-order valence-electron chi connectivity index (χ3n) is 23.9. The lowest BCUT2D eigenvalue weighted by Gasteiger charge is -2.36. The van der Waals surface area contributed by atoms with Crippen LogP contribution in [0.25, 0.3) is 22.3 Å². The van der Waals surface area contributed by atoms with Gasteiger partial charge in [-0.1, -0.05) is 77.8 Å². The fraction of sp³-hybridized carbons (Fsp3) is 0.583. The van der Waals surface area contributed by atoms with Crippen LogP contribution in [-0.4, -0.2) is 219 Å². The van der Waals surface area contributed by atoms with Crippen LogP contribution in [0.1, 0.15) is 130 Å². The Morgan fingerprint density at radius 1 is 0.366 bits per heavy atom. The van der Waals surface area contributed by atoms with Gasteiger partial charge in [-0.2, -0.15) is 9.97 Å². The van der Waals surface area contributed by atoms with Crippen LogP contribution in [0.5, 0.6) is 0 Å². The van der Waals surface area contributed by atoms with E-state index < -0.39 is 291 Å². The van der Waals surface area contributed by atoms with Crippen LogP contribution in [-0.2, 0) is 184 Å². The molecule has 145 heavy (non-hydrogen) atoms. The van der Waals surface area contributed by atoms with Gasteiger partial charge in [0.1, 0.15) is 138 Å². The van der Waals surface area contributed by atoms with Crippen molar-refractivity contribution < 1.29 is 130 Å². The number of fused-ring (bicyclic) bond motifs is 2. The Labute approximate surface area is 849 Å². The Hall–Kier alpha value is -6.70. The maximum atomic E-state index is 15.0. The Morgan fingerprint density at radius 2 is 0.655 bits per heavy atom. The van der Waals surface area contributed by atoms with E-state index in [1.807, 2.05) is 0 Å². The van der Waals surface area contributed by atoms with Gasteiger partial charge >= 0.3 is 28.4 Å². The number of hydrogen-bond donors (Lipinski definition) is 8. The number of hydrogen-bond acceptors (Lipinski definition) is 54. The van der Waals surface area contributed by atoms with Crippen LogP contribution in [0.4, 0.5) is 17.6 Å². The van der Waals surface area contributed by atoms with E-state index in [0.717, 1.165) is 48.7 Å². The number of nitrogens with zero attached hydrogens (tertiary/aromatic N) is 13. The molecular formula is C72H89N21O38P7S7-7. The molecule has 7 aliphatic rings. The molecule has 9 aromatic rings. The first-order chi connectivity index (χ1) is 68.2. The van der Waals surface area contributed by atoms with Gasteiger partial charge < -0.3 is 155 Å². The summed E-state index contributed by atoms with van der Waals surface area (Å²) in [6, 6.07) is 0. The van der Waals surface area contributed by atoms with Crippen molar-refractivity contribution in [3.05, 3.63) is 182 Å². The third kappa shape index (κ3) is 26.3. The van der Waals surface area contributed by atoms with Crippen molar-refractivity contribution in [1.29, 1.82) is 0 Å². The summed E-state index contributed by atoms with van der Waals surface area (Å²) < 4.78 is 148. The molecule has 0 spiro atoms. The summed E-state index contributed by atoms with van der Waals surface area (Å²) in [5, 5.41) is 0. The van der Waals surface area contributed by atoms with Gasteiger partial charge in [-0.3, -0.25) is 85.4 Å². The molecule has 7 aliphatic heterocycles. The van der Waals surface area contributed by atoms with E-state index in [4.69, 9.17) is 197 Å². The highest BCUT2D eigenvalue weighted by Gasteiger charge is 2.49. The molecule has 7 saturated heterocycles. The molecule has 0 radical (unpaired) electrons. The van der Waals surface area contributed by atoms with Crippen LogP contribution >= 0.6 is 47.1 Å². The standard InChI is InChI=1S/C72H96N21O38P7S7/c1-8-35-36(9-49(118-35)88-17-31(3)62(94)83-69(88)100)126-133(105,140)112-26-48-42(15-55(124-48)93-29-79-57-61(93)81-67(75)82-66(57)98)131-138(110,145)116-24-46-40(13-53(122-46)91-20-34(6)65(97)86-72(91)103)129-135(107,142)114-22-44-38(11-50(120-44)87-16-30(2)58(73)80-68(87)99)127-136(108,143)117-25-47-41(14-54(123-47)92-28-78-56-59(74)76-27-77-60(56)92)130-137(109,144)115-23-45-39(12-52(121-45)90-19-33(5)64(96)85-71(90)102)128-134(106,141)113-21-43-37(125-132(104,139)111-7)10-51(119-43)89-18-32(4)63(95)84-70(89)101/h16-20,27-29,35-55H,8-15,21-26H2,1-7H3,(H,104,139)(H,105,140)(H,106,141)(H,107,142)(H,108,143)(H,109,144)(H,110,145)(H2,73,80,99)(H2,74,76,77)(H,83,94,100)(H,84,95,101)(H,85,96,102)(H,86,97,103)(H3,75,81,82,98)/p-7/t35-,36?,37?,38?,39?,40?,41?,42?,43-,44-,45-,46-,47-,48-,49-,50-,51-,52-,53-,54-,55-,132?,133?,134?,135?,136?,137?,138?/m1/s1. The summed E-state index contributed by atoms with van der Waals surface area (Å²) in [6.45, 7) is -30.2. The number of H-pyrrole nitrogens is 5. The highest BCUT2D eigenvalue weighted by atomic mass is 32.7. The molecule has 0 aromatic carbocycles. The van der Waals surface area contributed by atoms with E-state index in [0.29, 0.717) is 0 Å². The molecule has 11 N–H and O–H groups in total. The SMILES string of the molecule is CC[C@H]1O[C@@H](n2cc(C)c(=O)[nH]c2=O)CC1OP([O-])(=S)OC[C@H]1O[C@@H](n2cnc3c(=O)[nH]c(N)nc32)CC1OP(=O)([S-])OC[C@H]1O[C@@H](n2cc(C)c(=O)[nH]c2=O)CC1OP([O-])(=S)OC[C@H]1O[C@@H](n2cc(C)c(N)nc2=O)CC1OP([O-])(=S)OC[C@H]1O[C@@H](n2cnc3c(N)ncnc32)CC1OP([O-])(=S)OC[C@H]1O[C@@H](n2cc(C)c(=O)[nH]c2=O)CC1OP([O-])(=S)OC[C@H]1O[C@@H](n2cc(C)c(=O)[nH]c2=O)CC1OP([O-])(=S)OC. The first-order valence-electron chi connectivity index (χ1n) is 43.4. The molecule has 14 unspecified atom stereocenters. The number of aryl methyl sites for hydroxylation is 5. The molecule has 0 aliphatic carbocycles. The Kier molecular flexibility index (Phi) is 34.1. The molecule has 0 amide bonds. The number of nitrogens with two attached hydrogens (primary N) is 3. The lowest BCUT2D eigenvalue weighted by atomic mass is 10.1. The molecular weight excluding hydrogens is 2210 g/mol. The summed E-state index contributed by atoms with van der Waals surface area (Å²) in [6.07, 6.45) is -21.8. The predicted molar refractivity (Wildman–Crippen MR) is 512 cm³/mol. The number of ether oxygens (including phenoxy) is 7. The average molecular weight is 2300 g/mol. The monoisotopic (exact) mass is 2300 g/mol. The Morgan fingerprint density at radius 3 is 1.00 bits per heavy atom. The summed E-state index contributed by atoms with van der Waals surface area (Å²) in [5.41, 5.74) is 10.4. The third-order valence-corrected chi connectivity index (χ3v) is 35.0. The molecule has 16 rings (SSSR count). The van der Waals surface area contributed by atoms with E-state index in [2.05, 4.69) is 54.8 Å². The van der Waals surface area contributed by atoms with Crippen molar-refractivity contribution in [2.45, 2.75) is 222 Å². The number of nitrogens with one attached hydrogen (secondary N) is 5. The summed E-state index contributed by atoms with van der Waals surface area (Å²) in [5.74, 6) is -0.545. The minimum atomic E-state index is -5.06. The lowest BCUT2D eigenvalue weighted by Crippen LogP contribution is -2.35. The van der Waals surface area contributed by atoms with Gasteiger partial charge in [-0.05, 0) is 41.0 Å². The number of rotatable bonds is 41. The molecule has 0 saturated carbocycles. The molecule has 59 nitrogen and oxygen atoms in total. The Balaban J connectivity index is 0.609. The van der Waals surface area contributed by atoms with Gasteiger partial charge in [-0.25, -0.2) is 43.9 Å². The first kappa shape index (κ1) is 111. The minimum absolute atomic E-state index is 0.00692. The number of aromatic nitrogens is 18. The van der Waals surface area contributed by atoms with Crippen molar-refractivity contribution in [2.24, 2.45) is 0 Å². The second-order valence-electron chi connectivity index (χ2n) is 33.8. The highest BCUT2D eigenvalue weighted by Crippen LogP contribution is 2.57. The van der Waals surface area contributed by atoms with Crippen molar-refractivity contribution in [1.82, 2.24) is 86.8 Å². The maximum absolute atomic E-state index is 15.0. The topological polar surface area (TPSA) is 789 Å². The van der Waals surface area contributed by atoms with Crippen LogP contribution in [0.15, 0.2) is 97.9 Å². The summed E-state index contributed by atoms with van der Waals surface area (Å²) in [7, 11) is 1.01. The molecule has 28 atom stereocenters. The van der Waals surface area contributed by atoms with Crippen molar-refractivity contribution >= 4 is 170 Å². The van der Waals surface area contributed by atoms with Crippen molar-refractivity contribution in [2.75, 3.05) is 64.0 Å². The van der Waals surface area contributed by atoms with Crippen molar-refractivity contribution in [3.8, 4) is 0 Å². The second-order valence-corrected chi connectivity index (χ2v) is 52.9. The fourth-order valence-corrected chi connectivity index (χ4v) is 26.5. The maximum Gasteiger partial charge on any atom is 0.351 e. The van der Waals surface area contributed by atoms with E-state index in [9.17, 15) is 81.9 Å². The van der Waals surface area contributed by atoms with Gasteiger partial charge in [0, 0.05) is 111 Å². The Bertz CT molecular complexity index is 7460. The summed E-state index contributed by atoms with van der Waals surface area (Å²) >= 11 is 37.9. The molecule has 73 heteroatoms. The van der Waals surface area contributed by atoms with Gasteiger partial charge in [0.2, 0.25) is 5.95 Å². The zero-order valence-corrected chi connectivity index (χ0v) is 88.2. The average Bonchev–Trinajstić information content (AvgIpc) is 1.67. The second kappa shape index (κ2) is 44.5. The largest absolute Gasteiger partial charge is 0.780 e. The number of imidazole rings is 2. The summed E-state index contributed by atoms with van der Waals surface area (Å²) in [4.78, 5) is 252. The normalized spacial score (nSPS) is 29.5. The zero-order chi connectivity index (χ0) is 105. The van der Waals surface area contributed by atoms with E-state index in [-0.39, 0.29) is 99.8 Å². The van der Waals surface area contributed by atoms with Gasteiger partial charge in [0.15, 0.2) is 29.4 Å². The van der Waals surface area contributed by atoms with Crippen molar-refractivity contribution in [3.63, 3.8) is 0 Å². The van der Waals surface area contributed by atoms with Crippen LogP contribution in [0, 0.1) is 34.6 Å². The smallest absolute Gasteiger partial charge is 0.351 e. The number of nitrogen functional groups attached to an aromatic ring is 3. The van der Waals surface area contributed by atoms with Gasteiger partial charge in [0.25, 0.3) is 27.8 Å². The fourth-order valence-electron chi connectivity index (χ4n) is 16.7. The minimum Gasteiger partial charge on any atom is -0.780 e. The van der Waals surface area contributed by atoms with E-state index >= 15 is 0 Å². The lowest BCUT2D eigenvalue weighted by molar-refractivity contribution is -0.221. The van der Waals surface area contributed by atoms with E-state index in [1.165, 1.54) is 75.0 Å². The molecule has 0 bridgehead atoms. The molecule has 7 fully saturated rings. The quantitative estimate of drug-likeness (QED) is 0.0138.